The summed E-state index contributed by atoms with van der Waals surface area (Å²) in [7, 11) is 3.28. The number of hydrogen-bond donors (Lipinski definition) is 1. The van der Waals surface area contributed by atoms with E-state index in [4.69, 9.17) is 20.9 Å². The number of carbonyl (C=O) groups is 2. The van der Waals surface area contributed by atoms with Gasteiger partial charge in [-0.3, -0.25) is 4.79 Å². The number of anilines is 1. The number of carboxylic acids is 1. The first-order valence-corrected chi connectivity index (χ1v) is 8.33. The summed E-state index contributed by atoms with van der Waals surface area (Å²) in [5.41, 5.74) is 0.505. The molecule has 0 bridgehead atoms. The highest BCUT2D eigenvalue weighted by Gasteiger charge is 2.33. The Morgan fingerprint density at radius 3 is 2.62 bits per heavy atom. The van der Waals surface area contributed by atoms with Crippen LogP contribution in [0.4, 0.5) is 5.82 Å². The average molecular weight is 380 g/mol. The molecule has 138 valence electrons. The average Bonchev–Trinajstić information content (AvgIpc) is 3.07. The molecule has 2 heterocycles. The number of benzene rings is 1. The minimum Gasteiger partial charge on any atom is -0.477 e. The molecule has 1 unspecified atom stereocenters. The third kappa shape index (κ3) is 3.51. The molecule has 2 aromatic rings. The van der Waals surface area contributed by atoms with Gasteiger partial charge in [0.2, 0.25) is 0 Å². The Labute approximate surface area is 154 Å². The number of carboxylic acid groups (broad SMARTS) is 1. The summed E-state index contributed by atoms with van der Waals surface area (Å²) in [5.74, 6) is -1.02. The van der Waals surface area contributed by atoms with E-state index in [0.29, 0.717) is 17.1 Å². The van der Waals surface area contributed by atoms with E-state index in [1.807, 2.05) is 0 Å². The molecule has 0 spiro atoms. The van der Waals surface area contributed by atoms with Gasteiger partial charge in [-0.2, -0.15) is 0 Å². The van der Waals surface area contributed by atoms with Gasteiger partial charge in [0.15, 0.2) is 23.2 Å². The Bertz CT molecular complexity index is 818. The quantitative estimate of drug-likeness (QED) is 0.867. The first kappa shape index (κ1) is 18.2. The summed E-state index contributed by atoms with van der Waals surface area (Å²) < 4.78 is 10.8. The molecule has 1 N–H and O–H groups in total. The number of hydrogen-bond acceptors (Lipinski definition) is 6. The zero-order chi connectivity index (χ0) is 18.8. The number of aromatic nitrogens is 1. The van der Waals surface area contributed by atoms with E-state index in [9.17, 15) is 14.7 Å². The molecule has 1 aliphatic heterocycles. The largest absolute Gasteiger partial charge is 0.477 e. The Morgan fingerprint density at radius 2 is 2.00 bits per heavy atom. The number of carbonyl (C=O) groups excluding carboxylic acids is 1. The third-order valence-electron chi connectivity index (χ3n) is 4.08. The van der Waals surface area contributed by atoms with Crippen molar-refractivity contribution >= 4 is 29.3 Å². The fourth-order valence-corrected chi connectivity index (χ4v) is 2.89. The number of morpholine rings is 1. The van der Waals surface area contributed by atoms with Crippen molar-refractivity contribution in [3.8, 4) is 11.3 Å². The SMILES string of the molecule is CN(C)C(=O)C1CN(c2noc(-c3ccc(Cl)cc3)c2C(=O)O)CCO1. The summed E-state index contributed by atoms with van der Waals surface area (Å²) in [4.78, 5) is 27.1. The van der Waals surface area contributed by atoms with Gasteiger partial charge in [-0.05, 0) is 24.3 Å². The van der Waals surface area contributed by atoms with Crippen molar-refractivity contribution in [2.45, 2.75) is 6.10 Å². The molecule has 1 saturated heterocycles. The van der Waals surface area contributed by atoms with E-state index >= 15 is 0 Å². The second-order valence-electron chi connectivity index (χ2n) is 6.06. The molecular formula is C17H18ClN3O5. The van der Waals surface area contributed by atoms with Crippen LogP contribution in [0.3, 0.4) is 0 Å². The van der Waals surface area contributed by atoms with Crippen LogP contribution in [0.5, 0.6) is 0 Å². The Balaban J connectivity index is 1.94. The fourth-order valence-electron chi connectivity index (χ4n) is 2.77. The summed E-state index contributed by atoms with van der Waals surface area (Å²) in [6.07, 6.45) is -0.684. The Hall–Kier alpha value is -2.58. The minimum absolute atomic E-state index is 0.0507. The number of rotatable bonds is 4. The van der Waals surface area contributed by atoms with E-state index in [1.165, 1.54) is 4.90 Å². The van der Waals surface area contributed by atoms with Crippen LogP contribution in [0.15, 0.2) is 28.8 Å². The number of amides is 1. The topological polar surface area (TPSA) is 96.1 Å². The molecule has 0 radical (unpaired) electrons. The zero-order valence-electron chi connectivity index (χ0n) is 14.3. The van der Waals surface area contributed by atoms with Crippen LogP contribution < -0.4 is 4.90 Å². The molecule has 26 heavy (non-hydrogen) atoms. The number of likely N-dealkylation sites (N-methyl/N-ethyl adjacent to an activating group) is 1. The highest BCUT2D eigenvalue weighted by molar-refractivity contribution is 6.30. The molecule has 0 saturated carbocycles. The van der Waals surface area contributed by atoms with Crippen molar-refractivity contribution in [2.75, 3.05) is 38.7 Å². The van der Waals surface area contributed by atoms with Crippen LogP contribution >= 0.6 is 11.6 Å². The molecule has 8 nitrogen and oxygen atoms in total. The normalized spacial score (nSPS) is 17.2. The number of ether oxygens (including phenoxy) is 1. The van der Waals surface area contributed by atoms with E-state index in [1.54, 1.807) is 43.3 Å². The van der Waals surface area contributed by atoms with E-state index in [0.717, 1.165) is 0 Å². The maximum atomic E-state index is 12.2. The number of aromatic carboxylic acids is 1. The molecule has 1 fully saturated rings. The van der Waals surface area contributed by atoms with Crippen molar-refractivity contribution in [3.63, 3.8) is 0 Å². The first-order valence-electron chi connectivity index (χ1n) is 7.95. The summed E-state index contributed by atoms with van der Waals surface area (Å²) in [6.45, 7) is 0.889. The zero-order valence-corrected chi connectivity index (χ0v) is 15.1. The lowest BCUT2D eigenvalue weighted by molar-refractivity contribution is -0.141. The molecule has 1 amide bonds. The summed E-state index contributed by atoms with van der Waals surface area (Å²) in [6, 6.07) is 6.62. The van der Waals surface area contributed by atoms with E-state index in [2.05, 4.69) is 5.16 Å². The van der Waals surface area contributed by atoms with Crippen molar-refractivity contribution in [2.24, 2.45) is 0 Å². The van der Waals surface area contributed by atoms with Gasteiger partial charge in [0.05, 0.1) is 13.2 Å². The Kier molecular flexibility index (Phi) is 5.15. The van der Waals surface area contributed by atoms with Gasteiger partial charge in [0.1, 0.15) is 0 Å². The van der Waals surface area contributed by atoms with Gasteiger partial charge in [0, 0.05) is 31.2 Å². The summed E-state index contributed by atoms with van der Waals surface area (Å²) in [5, 5.41) is 14.2. The van der Waals surface area contributed by atoms with E-state index in [-0.39, 0.29) is 36.2 Å². The van der Waals surface area contributed by atoms with Crippen LogP contribution in [0.25, 0.3) is 11.3 Å². The molecule has 1 atom stereocenters. The predicted molar refractivity (Wildman–Crippen MR) is 94.6 cm³/mol. The lowest BCUT2D eigenvalue weighted by Crippen LogP contribution is -2.50. The highest BCUT2D eigenvalue weighted by atomic mass is 35.5. The van der Waals surface area contributed by atoms with Crippen molar-refractivity contribution in [1.29, 1.82) is 0 Å². The van der Waals surface area contributed by atoms with Crippen molar-refractivity contribution in [3.05, 3.63) is 34.9 Å². The van der Waals surface area contributed by atoms with Crippen LogP contribution in [-0.2, 0) is 9.53 Å². The van der Waals surface area contributed by atoms with Crippen LogP contribution in [0, 0.1) is 0 Å². The maximum absolute atomic E-state index is 12.2. The minimum atomic E-state index is -1.16. The highest BCUT2D eigenvalue weighted by Crippen LogP contribution is 2.32. The molecule has 1 aromatic carbocycles. The summed E-state index contributed by atoms with van der Waals surface area (Å²) >= 11 is 5.88. The van der Waals surface area contributed by atoms with Crippen molar-refractivity contribution in [1.82, 2.24) is 10.1 Å². The molecule has 9 heteroatoms. The van der Waals surface area contributed by atoms with Crippen LogP contribution in [0.2, 0.25) is 5.02 Å². The standard InChI is InChI=1S/C17H18ClN3O5/c1-20(2)16(22)12-9-21(7-8-25-12)15-13(17(23)24)14(26-19-15)10-3-5-11(18)6-4-10/h3-6,12H,7-9H2,1-2H3,(H,23,24). The van der Waals surface area contributed by atoms with Crippen LogP contribution in [0.1, 0.15) is 10.4 Å². The Morgan fingerprint density at radius 1 is 1.31 bits per heavy atom. The third-order valence-corrected chi connectivity index (χ3v) is 4.33. The van der Waals surface area contributed by atoms with E-state index < -0.39 is 12.1 Å². The molecule has 0 aliphatic carbocycles. The van der Waals surface area contributed by atoms with Gasteiger partial charge in [-0.15, -0.1) is 0 Å². The lowest BCUT2D eigenvalue weighted by Gasteiger charge is -2.33. The smallest absolute Gasteiger partial charge is 0.343 e. The van der Waals surface area contributed by atoms with Gasteiger partial charge in [0.25, 0.3) is 5.91 Å². The van der Waals surface area contributed by atoms with Gasteiger partial charge < -0.3 is 24.2 Å². The van der Waals surface area contributed by atoms with Crippen LogP contribution in [-0.4, -0.2) is 66.9 Å². The first-order chi connectivity index (χ1) is 12.4. The van der Waals surface area contributed by atoms with Gasteiger partial charge in [-0.1, -0.05) is 16.8 Å². The second-order valence-corrected chi connectivity index (χ2v) is 6.50. The molecule has 3 rings (SSSR count). The van der Waals surface area contributed by atoms with Gasteiger partial charge in [-0.25, -0.2) is 4.79 Å². The second kappa shape index (κ2) is 7.35. The number of nitrogens with zero attached hydrogens (tertiary/aromatic N) is 3. The van der Waals surface area contributed by atoms with Crippen molar-refractivity contribution < 1.29 is 24.0 Å². The number of halogens is 1. The predicted octanol–water partition coefficient (Wildman–Crippen LogP) is 1.99. The maximum Gasteiger partial charge on any atom is 0.343 e. The molecule has 1 aliphatic rings. The molecule has 1 aromatic heterocycles. The molecular weight excluding hydrogens is 362 g/mol. The monoisotopic (exact) mass is 379 g/mol. The van der Waals surface area contributed by atoms with Gasteiger partial charge >= 0.3 is 5.97 Å². The lowest BCUT2D eigenvalue weighted by atomic mass is 10.1. The fraction of sp³-hybridized carbons (Fsp3) is 0.353.